The number of H-pyrrole nitrogens is 2. The molecule has 2 aromatic heterocycles. The number of hydrogen-bond acceptors (Lipinski definition) is 10. The second-order valence-electron chi connectivity index (χ2n) is 17.9. The third-order valence-corrected chi connectivity index (χ3v) is 13.5. The Morgan fingerprint density at radius 3 is 2.35 bits per heavy atom. The van der Waals surface area contributed by atoms with Crippen LogP contribution >= 0.6 is 0 Å². The summed E-state index contributed by atoms with van der Waals surface area (Å²) < 4.78 is 21.7. The van der Waals surface area contributed by atoms with E-state index in [1.54, 1.807) is 7.11 Å². The fraction of sp³-hybridized carbons (Fsp3) is 0.532. The van der Waals surface area contributed by atoms with E-state index in [4.69, 9.17) is 28.9 Å². The van der Waals surface area contributed by atoms with Gasteiger partial charge < -0.3 is 49.3 Å². The average Bonchev–Trinajstić information content (AvgIpc) is 4.11. The standard InChI is InChI=1S/C47H60N8O8/c1-9-25(4)40(53-47(59)62-8)44(56)54-21-27(22-60-6)16-37(54)42-48-20-35(50-42)29-11-13-31-30(17-29)23-63-38-19-32-28(18-33(31)38)12-14-34-41(32)51-43(49-34)36-15-10-26(5)55(36)45(57)39(24(2)3)52-46(58)61-7/h11,13,17-20,24-27,36-37,39-40H,9-10,12,14-16,21-23H2,1-8H3,(H,48,50)(H,49,51)(H,52,58)(H,53,59)/t25-,26-,27-,36-,37-,39-,40-/m0/s1. The quantitative estimate of drug-likeness (QED) is 0.117. The summed E-state index contributed by atoms with van der Waals surface area (Å²) in [6, 6.07) is 8.70. The Kier molecular flexibility index (Phi) is 12.5. The van der Waals surface area contributed by atoms with Crippen molar-refractivity contribution in [3.63, 3.8) is 0 Å². The molecule has 8 rings (SSSR count). The van der Waals surface area contributed by atoms with Crippen molar-refractivity contribution in [2.24, 2.45) is 17.8 Å². The van der Waals surface area contributed by atoms with Gasteiger partial charge in [0.2, 0.25) is 11.8 Å². The lowest BCUT2D eigenvalue weighted by Crippen LogP contribution is -2.52. The molecule has 0 radical (unpaired) electrons. The second kappa shape index (κ2) is 18.1. The van der Waals surface area contributed by atoms with Gasteiger partial charge in [0, 0.05) is 36.7 Å². The normalized spacial score (nSPS) is 21.3. The number of carbonyl (C=O) groups is 4. The van der Waals surface area contributed by atoms with E-state index in [0.717, 1.165) is 82.2 Å². The molecule has 0 unspecified atom stereocenters. The fourth-order valence-corrected chi connectivity index (χ4v) is 9.90. The van der Waals surface area contributed by atoms with Crippen LogP contribution in [0.15, 0.2) is 36.5 Å². The van der Waals surface area contributed by atoms with E-state index in [2.05, 4.69) is 50.9 Å². The van der Waals surface area contributed by atoms with Gasteiger partial charge in [-0.25, -0.2) is 19.6 Å². The van der Waals surface area contributed by atoms with Gasteiger partial charge in [-0.3, -0.25) is 9.59 Å². The lowest BCUT2D eigenvalue weighted by molar-refractivity contribution is -0.137. The second-order valence-corrected chi connectivity index (χ2v) is 17.9. The molecule has 3 aliphatic heterocycles. The monoisotopic (exact) mass is 864 g/mol. The molecule has 7 atom stereocenters. The molecule has 16 nitrogen and oxygen atoms in total. The molecule has 4 N–H and O–H groups in total. The van der Waals surface area contributed by atoms with Gasteiger partial charge in [-0.2, -0.15) is 0 Å². The van der Waals surface area contributed by atoms with Gasteiger partial charge in [-0.1, -0.05) is 46.2 Å². The third-order valence-electron chi connectivity index (χ3n) is 13.5. The topological polar surface area (TPSA) is 193 Å². The van der Waals surface area contributed by atoms with E-state index < -0.39 is 24.3 Å². The number of aromatic nitrogens is 4. The van der Waals surface area contributed by atoms with Gasteiger partial charge in [0.1, 0.15) is 36.1 Å². The minimum Gasteiger partial charge on any atom is -0.488 e. The molecule has 0 spiro atoms. The Labute approximate surface area is 368 Å². The summed E-state index contributed by atoms with van der Waals surface area (Å²) in [5.41, 5.74) is 9.18. The van der Waals surface area contributed by atoms with E-state index in [1.165, 1.54) is 19.8 Å². The first kappa shape index (κ1) is 43.7. The molecule has 0 saturated carbocycles. The number of benzene rings is 2. The molecule has 336 valence electrons. The van der Waals surface area contributed by atoms with Crippen molar-refractivity contribution < 1.29 is 38.1 Å². The van der Waals surface area contributed by atoms with E-state index >= 15 is 0 Å². The van der Waals surface area contributed by atoms with Crippen LogP contribution in [0.3, 0.4) is 0 Å². The Balaban J connectivity index is 1.03. The first-order chi connectivity index (χ1) is 30.3. The molecule has 4 aliphatic rings. The first-order valence-electron chi connectivity index (χ1n) is 22.2. The first-order valence-corrected chi connectivity index (χ1v) is 22.2. The maximum atomic E-state index is 14.1. The molecular weight excluding hydrogens is 805 g/mol. The fourth-order valence-electron chi connectivity index (χ4n) is 9.90. The maximum absolute atomic E-state index is 14.1. The summed E-state index contributed by atoms with van der Waals surface area (Å²) in [6.45, 7) is 11.2. The molecule has 2 aromatic carbocycles. The molecule has 63 heavy (non-hydrogen) atoms. The van der Waals surface area contributed by atoms with Crippen LogP contribution in [-0.2, 0) is 43.2 Å². The van der Waals surface area contributed by atoms with E-state index in [-0.39, 0.29) is 47.7 Å². The zero-order valence-electron chi connectivity index (χ0n) is 37.5. The summed E-state index contributed by atoms with van der Waals surface area (Å²) in [4.78, 5) is 73.4. The Morgan fingerprint density at radius 2 is 1.63 bits per heavy atom. The molecule has 0 bridgehead atoms. The van der Waals surface area contributed by atoms with Crippen LogP contribution < -0.4 is 15.4 Å². The van der Waals surface area contributed by atoms with Crippen LogP contribution in [0, 0.1) is 17.8 Å². The lowest BCUT2D eigenvalue weighted by atomic mass is 9.86. The zero-order chi connectivity index (χ0) is 44.7. The van der Waals surface area contributed by atoms with Crippen molar-refractivity contribution in [2.45, 2.75) is 110 Å². The number of ether oxygens (including phenoxy) is 4. The predicted molar refractivity (Wildman–Crippen MR) is 234 cm³/mol. The van der Waals surface area contributed by atoms with Gasteiger partial charge in [0.05, 0.1) is 56.2 Å². The van der Waals surface area contributed by atoms with Crippen LogP contribution in [0.1, 0.15) is 101 Å². The third kappa shape index (κ3) is 8.37. The average molecular weight is 865 g/mol. The molecule has 5 heterocycles. The van der Waals surface area contributed by atoms with Crippen molar-refractivity contribution in [3.8, 4) is 39.4 Å². The SMILES string of the molecule is CC[C@H](C)[C@H](NC(=O)OC)C(=O)N1C[C@@H](COC)C[C@H]1c1ncc(-c2ccc3c(c2)COc2cc4c(cc2-3)CCc2nc([C@@H]3CC[C@H](C)N3C(=O)[C@@H](NC(=O)OC)C(C)C)[nH]c2-4)[nH]1. The number of hydrogen-bond donors (Lipinski definition) is 4. The lowest BCUT2D eigenvalue weighted by Gasteiger charge is -2.32. The number of alkyl carbamates (subject to hydrolysis) is 2. The minimum atomic E-state index is -0.736. The molecule has 2 fully saturated rings. The number of nitrogens with one attached hydrogen (secondary N) is 4. The van der Waals surface area contributed by atoms with Crippen molar-refractivity contribution >= 4 is 24.0 Å². The minimum absolute atomic E-state index is 0.0123. The summed E-state index contributed by atoms with van der Waals surface area (Å²) in [6.07, 6.45) is 5.10. The number of methoxy groups -OCH3 is 3. The van der Waals surface area contributed by atoms with Crippen molar-refractivity contribution in [2.75, 3.05) is 34.5 Å². The van der Waals surface area contributed by atoms with Crippen LogP contribution in [0.4, 0.5) is 9.59 Å². The number of aromatic amines is 2. The van der Waals surface area contributed by atoms with Crippen LogP contribution in [0.5, 0.6) is 5.75 Å². The molecular formula is C47H60N8O8. The largest absolute Gasteiger partial charge is 0.488 e. The highest BCUT2D eigenvalue weighted by atomic mass is 16.5. The van der Waals surface area contributed by atoms with Gasteiger partial charge in [-0.05, 0) is 91.3 Å². The van der Waals surface area contributed by atoms with Crippen LogP contribution in [0.2, 0.25) is 0 Å². The molecule has 4 amide bonds. The van der Waals surface area contributed by atoms with E-state index in [1.807, 2.05) is 50.6 Å². The number of imidazole rings is 2. The number of amides is 4. The Bertz CT molecular complexity index is 2370. The molecule has 2 saturated heterocycles. The number of carbonyl (C=O) groups excluding carboxylic acids is 4. The number of likely N-dealkylation sites (tertiary alicyclic amines) is 2. The smallest absolute Gasteiger partial charge is 0.407 e. The van der Waals surface area contributed by atoms with Crippen molar-refractivity contribution in [1.29, 1.82) is 0 Å². The number of nitrogens with zero attached hydrogens (tertiary/aromatic N) is 4. The maximum Gasteiger partial charge on any atom is 0.407 e. The summed E-state index contributed by atoms with van der Waals surface area (Å²) in [7, 11) is 4.26. The highest BCUT2D eigenvalue weighted by molar-refractivity contribution is 5.88. The zero-order valence-corrected chi connectivity index (χ0v) is 37.5. The highest BCUT2D eigenvalue weighted by Gasteiger charge is 2.43. The van der Waals surface area contributed by atoms with Crippen molar-refractivity contribution in [1.82, 2.24) is 40.4 Å². The number of rotatable bonds is 12. The van der Waals surface area contributed by atoms with Gasteiger partial charge in [-0.15, -0.1) is 0 Å². The predicted octanol–water partition coefficient (Wildman–Crippen LogP) is 6.86. The van der Waals surface area contributed by atoms with Gasteiger partial charge in [0.15, 0.2) is 0 Å². The van der Waals surface area contributed by atoms with Gasteiger partial charge in [0.25, 0.3) is 0 Å². The van der Waals surface area contributed by atoms with E-state index in [0.29, 0.717) is 38.4 Å². The molecule has 4 aromatic rings. The van der Waals surface area contributed by atoms with Crippen LogP contribution in [0.25, 0.3) is 33.6 Å². The van der Waals surface area contributed by atoms with Crippen molar-refractivity contribution in [3.05, 3.63) is 65.0 Å². The highest BCUT2D eigenvalue weighted by Crippen LogP contribution is 2.46. The van der Waals surface area contributed by atoms with Crippen LogP contribution in [-0.4, -0.2) is 106 Å². The number of fused-ring (bicyclic) bond motifs is 6. The molecule has 16 heteroatoms. The summed E-state index contributed by atoms with van der Waals surface area (Å²) >= 11 is 0. The number of aryl methyl sites for hydroxylation is 2. The molecule has 1 aliphatic carbocycles. The summed E-state index contributed by atoms with van der Waals surface area (Å²) in [5, 5.41) is 5.52. The summed E-state index contributed by atoms with van der Waals surface area (Å²) in [5.74, 6) is 1.82. The Morgan fingerprint density at radius 1 is 0.873 bits per heavy atom. The van der Waals surface area contributed by atoms with E-state index in [9.17, 15) is 19.2 Å². The van der Waals surface area contributed by atoms with Gasteiger partial charge >= 0.3 is 12.2 Å². The Hall–Kier alpha value is -5.90.